The number of nitrogens with one attached hydrogen (secondary N) is 2. The summed E-state index contributed by atoms with van der Waals surface area (Å²) in [6, 6.07) is 4.05. The predicted octanol–water partition coefficient (Wildman–Crippen LogP) is 1.61. The topological polar surface area (TPSA) is 27.8 Å². The molecule has 0 spiro atoms. The molecule has 0 aliphatic carbocycles. The van der Waals surface area contributed by atoms with E-state index >= 15 is 0 Å². The van der Waals surface area contributed by atoms with Gasteiger partial charge in [0.1, 0.15) is 0 Å². The van der Waals surface area contributed by atoms with Crippen molar-refractivity contribution in [3.8, 4) is 0 Å². The first-order chi connectivity index (χ1) is 5.86. The van der Waals surface area contributed by atoms with E-state index in [0.717, 1.165) is 18.8 Å². The molecule has 0 saturated carbocycles. The van der Waals surface area contributed by atoms with Gasteiger partial charge in [-0.3, -0.25) is 0 Å². The zero-order chi connectivity index (χ0) is 8.39. The molecule has 0 saturated heterocycles. The van der Waals surface area contributed by atoms with E-state index in [1.807, 2.05) is 12.3 Å². The molecule has 2 N–H and O–H groups in total. The summed E-state index contributed by atoms with van der Waals surface area (Å²) in [7, 11) is 0. The molecule has 1 aliphatic rings. The van der Waals surface area contributed by atoms with Crippen molar-refractivity contribution in [1.82, 2.24) is 10.3 Å². The van der Waals surface area contributed by atoms with Crippen LogP contribution >= 0.6 is 11.6 Å². The molecular formula is C9H11ClN2. The molecule has 0 amide bonds. The molecule has 1 aromatic heterocycles. The van der Waals surface area contributed by atoms with Crippen molar-refractivity contribution >= 4 is 17.2 Å². The molecule has 64 valence electrons. The number of aromatic amines is 1. The number of halogens is 1. The van der Waals surface area contributed by atoms with Crippen molar-refractivity contribution in [1.29, 1.82) is 0 Å². The van der Waals surface area contributed by atoms with Crippen molar-refractivity contribution in [2.45, 2.75) is 5.38 Å². The average Bonchev–Trinajstić information content (AvgIpc) is 2.56. The molecule has 0 aromatic carbocycles. The molecule has 1 aromatic rings. The molecule has 1 aliphatic heterocycles. The second-order valence-electron chi connectivity index (χ2n) is 2.92. The lowest BCUT2D eigenvalue weighted by atomic mass is 10.1. The van der Waals surface area contributed by atoms with E-state index < -0.39 is 0 Å². The molecule has 2 nitrogen and oxygen atoms in total. The fourth-order valence-corrected chi connectivity index (χ4v) is 1.66. The van der Waals surface area contributed by atoms with Crippen LogP contribution in [0.1, 0.15) is 5.69 Å². The molecule has 0 bridgehead atoms. The summed E-state index contributed by atoms with van der Waals surface area (Å²) in [5, 5.41) is 3.37. The summed E-state index contributed by atoms with van der Waals surface area (Å²) in [5.41, 5.74) is 2.42. The van der Waals surface area contributed by atoms with Crippen LogP contribution in [0.5, 0.6) is 0 Å². The Bertz CT molecular complexity index is 277. The van der Waals surface area contributed by atoms with Crippen LogP contribution in [0.3, 0.4) is 0 Å². The van der Waals surface area contributed by atoms with Gasteiger partial charge in [0.2, 0.25) is 0 Å². The van der Waals surface area contributed by atoms with Crippen LogP contribution in [0.15, 0.2) is 24.4 Å². The normalized spacial score (nSPS) is 23.8. The summed E-state index contributed by atoms with van der Waals surface area (Å²) in [5.74, 6) is 0. The Labute approximate surface area is 76.6 Å². The highest BCUT2D eigenvalue weighted by molar-refractivity contribution is 6.22. The van der Waals surface area contributed by atoms with Gasteiger partial charge < -0.3 is 10.3 Å². The van der Waals surface area contributed by atoms with E-state index in [1.54, 1.807) is 0 Å². The lowest BCUT2D eigenvalue weighted by molar-refractivity contribution is 0.742. The maximum atomic E-state index is 5.98. The summed E-state index contributed by atoms with van der Waals surface area (Å²) in [6.45, 7) is 1.77. The van der Waals surface area contributed by atoms with Crippen molar-refractivity contribution in [3.63, 3.8) is 0 Å². The zero-order valence-electron chi connectivity index (χ0n) is 6.68. The van der Waals surface area contributed by atoms with E-state index in [4.69, 9.17) is 11.6 Å². The molecule has 12 heavy (non-hydrogen) atoms. The maximum absolute atomic E-state index is 5.98. The molecule has 2 rings (SSSR count). The van der Waals surface area contributed by atoms with E-state index in [1.165, 1.54) is 5.57 Å². The first-order valence-electron chi connectivity index (χ1n) is 4.05. The Kier molecular flexibility index (Phi) is 2.19. The highest BCUT2D eigenvalue weighted by Crippen LogP contribution is 2.16. The Morgan fingerprint density at radius 2 is 2.42 bits per heavy atom. The molecule has 2 heterocycles. The molecular weight excluding hydrogens is 172 g/mol. The van der Waals surface area contributed by atoms with Crippen LogP contribution in [0.25, 0.3) is 5.57 Å². The third kappa shape index (κ3) is 1.54. The van der Waals surface area contributed by atoms with E-state index in [-0.39, 0.29) is 5.38 Å². The van der Waals surface area contributed by atoms with Gasteiger partial charge in [0.15, 0.2) is 0 Å². The summed E-state index contributed by atoms with van der Waals surface area (Å²) < 4.78 is 0. The Balaban J connectivity index is 2.23. The highest BCUT2D eigenvalue weighted by Gasteiger charge is 2.11. The van der Waals surface area contributed by atoms with Gasteiger partial charge in [0.25, 0.3) is 0 Å². The predicted molar refractivity (Wildman–Crippen MR) is 51.3 cm³/mol. The van der Waals surface area contributed by atoms with Crippen LogP contribution in [-0.4, -0.2) is 23.5 Å². The van der Waals surface area contributed by atoms with Crippen LogP contribution in [0.2, 0.25) is 0 Å². The van der Waals surface area contributed by atoms with Gasteiger partial charge in [0, 0.05) is 25.0 Å². The number of H-pyrrole nitrogens is 1. The Morgan fingerprint density at radius 3 is 3.08 bits per heavy atom. The molecule has 0 fully saturated rings. The van der Waals surface area contributed by atoms with Gasteiger partial charge >= 0.3 is 0 Å². The SMILES string of the molecule is ClC1C=C(c2ccc[nH]2)CNC1. The van der Waals surface area contributed by atoms with Crippen molar-refractivity contribution < 1.29 is 0 Å². The lowest BCUT2D eigenvalue weighted by Gasteiger charge is -2.16. The summed E-state index contributed by atoms with van der Waals surface area (Å²) >= 11 is 5.98. The van der Waals surface area contributed by atoms with E-state index in [2.05, 4.69) is 22.4 Å². The second-order valence-corrected chi connectivity index (χ2v) is 3.48. The maximum Gasteiger partial charge on any atom is 0.0647 e. The van der Waals surface area contributed by atoms with Gasteiger partial charge in [-0.15, -0.1) is 11.6 Å². The third-order valence-corrected chi connectivity index (χ3v) is 2.26. The minimum atomic E-state index is 0.122. The number of hydrogen-bond acceptors (Lipinski definition) is 1. The van der Waals surface area contributed by atoms with Crippen LogP contribution < -0.4 is 5.32 Å². The highest BCUT2D eigenvalue weighted by atomic mass is 35.5. The molecule has 1 atom stereocenters. The van der Waals surface area contributed by atoms with Crippen molar-refractivity contribution in [2.75, 3.05) is 13.1 Å². The van der Waals surface area contributed by atoms with E-state index in [9.17, 15) is 0 Å². The average molecular weight is 183 g/mol. The van der Waals surface area contributed by atoms with Crippen LogP contribution in [0.4, 0.5) is 0 Å². The standard InChI is InChI=1S/C9H11ClN2/c10-8-4-7(5-11-6-8)9-2-1-3-12-9/h1-4,8,11-12H,5-6H2. The summed E-state index contributed by atoms with van der Waals surface area (Å²) in [4.78, 5) is 3.16. The smallest absolute Gasteiger partial charge is 0.0647 e. The zero-order valence-corrected chi connectivity index (χ0v) is 7.43. The molecule has 3 heteroatoms. The fraction of sp³-hybridized carbons (Fsp3) is 0.333. The minimum absolute atomic E-state index is 0.122. The van der Waals surface area contributed by atoms with Crippen molar-refractivity contribution in [2.24, 2.45) is 0 Å². The summed E-state index contributed by atoms with van der Waals surface area (Å²) in [6.07, 6.45) is 4.03. The Hall–Kier alpha value is -0.730. The van der Waals surface area contributed by atoms with Crippen LogP contribution in [-0.2, 0) is 0 Å². The van der Waals surface area contributed by atoms with Gasteiger partial charge in [-0.2, -0.15) is 0 Å². The third-order valence-electron chi connectivity index (χ3n) is 1.98. The van der Waals surface area contributed by atoms with E-state index in [0.29, 0.717) is 0 Å². The number of alkyl halides is 1. The first-order valence-corrected chi connectivity index (χ1v) is 4.49. The largest absolute Gasteiger partial charge is 0.361 e. The quantitative estimate of drug-likeness (QED) is 0.635. The molecule has 0 radical (unpaired) electrons. The number of hydrogen-bond donors (Lipinski definition) is 2. The number of rotatable bonds is 1. The number of aromatic nitrogens is 1. The van der Waals surface area contributed by atoms with Gasteiger partial charge in [0.05, 0.1) is 5.38 Å². The Morgan fingerprint density at radius 1 is 1.50 bits per heavy atom. The van der Waals surface area contributed by atoms with Crippen molar-refractivity contribution in [3.05, 3.63) is 30.1 Å². The first kappa shape index (κ1) is 7.90. The molecule has 1 unspecified atom stereocenters. The van der Waals surface area contributed by atoms with Gasteiger partial charge in [-0.25, -0.2) is 0 Å². The fourth-order valence-electron chi connectivity index (χ4n) is 1.40. The second kappa shape index (κ2) is 3.33. The minimum Gasteiger partial charge on any atom is -0.361 e. The van der Waals surface area contributed by atoms with Gasteiger partial charge in [-0.1, -0.05) is 6.08 Å². The monoisotopic (exact) mass is 182 g/mol. The lowest BCUT2D eigenvalue weighted by Crippen LogP contribution is -2.28. The van der Waals surface area contributed by atoms with Crippen LogP contribution in [0, 0.1) is 0 Å². The van der Waals surface area contributed by atoms with Gasteiger partial charge in [-0.05, 0) is 17.7 Å².